The van der Waals surface area contributed by atoms with Crippen LogP contribution in [0.4, 0.5) is 0 Å². The lowest BCUT2D eigenvalue weighted by atomic mass is 10.0. The molecule has 0 aliphatic carbocycles. The summed E-state index contributed by atoms with van der Waals surface area (Å²) < 4.78 is 8.42. The van der Waals surface area contributed by atoms with E-state index in [1.807, 2.05) is 4.68 Å². The second-order valence-corrected chi connectivity index (χ2v) is 5.90. The van der Waals surface area contributed by atoms with E-state index < -0.39 is 0 Å². The van der Waals surface area contributed by atoms with Crippen LogP contribution in [-0.2, 0) is 6.54 Å². The molecule has 0 spiro atoms. The Labute approximate surface area is 133 Å². The van der Waals surface area contributed by atoms with Gasteiger partial charge in [-0.1, -0.05) is 28.9 Å². The highest BCUT2D eigenvalue weighted by Gasteiger charge is 2.23. The summed E-state index contributed by atoms with van der Waals surface area (Å²) in [4.78, 5) is 0. The summed E-state index contributed by atoms with van der Waals surface area (Å²) in [5.41, 5.74) is 6.07. The van der Waals surface area contributed by atoms with Crippen LogP contribution in [0.15, 0.2) is 28.9 Å². The Morgan fingerprint density at radius 2 is 2.19 bits per heavy atom. The second-order valence-electron chi connectivity index (χ2n) is 4.98. The molecule has 1 heterocycles. The largest absolute Gasteiger partial charge is 0.493 e. The molecule has 1 aromatic carbocycles. The third kappa shape index (κ3) is 3.45. The number of aromatic nitrogens is 2. The van der Waals surface area contributed by atoms with Crippen molar-refractivity contribution < 1.29 is 4.74 Å². The Morgan fingerprint density at radius 3 is 2.76 bits per heavy atom. The Kier molecular flexibility index (Phi) is 5.39. The summed E-state index contributed by atoms with van der Waals surface area (Å²) in [5, 5.41) is 4.40. The number of ether oxygens (including phenoxy) is 1. The van der Waals surface area contributed by atoms with Crippen molar-refractivity contribution in [1.82, 2.24) is 15.2 Å². The fraction of sp³-hybridized carbons (Fsp3) is 0.400. The van der Waals surface area contributed by atoms with Gasteiger partial charge in [-0.05, 0) is 36.6 Å². The molecule has 114 valence electrons. The smallest absolute Gasteiger partial charge is 0.161 e. The van der Waals surface area contributed by atoms with Gasteiger partial charge in [0, 0.05) is 11.0 Å². The van der Waals surface area contributed by atoms with Crippen LogP contribution >= 0.6 is 15.9 Å². The molecular formula is C15H21BrN4O. The highest BCUT2D eigenvalue weighted by Crippen LogP contribution is 2.31. The minimum Gasteiger partial charge on any atom is -0.493 e. The topological polar surface area (TPSA) is 65.1 Å². The summed E-state index contributed by atoms with van der Waals surface area (Å²) in [6, 6.07) is 6.06. The number of hydrogen-bond donors (Lipinski definition) is 2. The summed E-state index contributed by atoms with van der Waals surface area (Å²) in [6.45, 7) is 5.00. The summed E-state index contributed by atoms with van der Waals surface area (Å²) >= 11 is 3.54. The molecule has 21 heavy (non-hydrogen) atoms. The van der Waals surface area contributed by atoms with E-state index in [1.54, 1.807) is 13.3 Å². The SMILES string of the molecule is CCCn1ncc(OC)c1C(NN)c1cc(C)cc(Br)c1. The van der Waals surface area contributed by atoms with Crippen LogP contribution in [0, 0.1) is 6.92 Å². The van der Waals surface area contributed by atoms with Crippen molar-refractivity contribution in [2.45, 2.75) is 32.9 Å². The Balaban J connectivity index is 2.52. The molecule has 3 N–H and O–H groups in total. The molecule has 1 unspecified atom stereocenters. The first-order valence-corrected chi connectivity index (χ1v) is 7.72. The Bertz CT molecular complexity index is 591. The van der Waals surface area contributed by atoms with E-state index in [1.165, 1.54) is 5.56 Å². The first-order valence-electron chi connectivity index (χ1n) is 6.93. The van der Waals surface area contributed by atoms with E-state index in [-0.39, 0.29) is 6.04 Å². The first-order chi connectivity index (χ1) is 10.1. The summed E-state index contributed by atoms with van der Waals surface area (Å²) in [5.74, 6) is 6.56. The van der Waals surface area contributed by atoms with Gasteiger partial charge in [0.05, 0.1) is 19.3 Å². The Hall–Kier alpha value is -1.37. The van der Waals surface area contributed by atoms with Gasteiger partial charge in [-0.2, -0.15) is 5.10 Å². The molecule has 0 aliphatic heterocycles. The normalized spacial score (nSPS) is 12.4. The third-order valence-electron chi connectivity index (χ3n) is 3.34. The lowest BCUT2D eigenvalue weighted by Crippen LogP contribution is -2.31. The van der Waals surface area contributed by atoms with Gasteiger partial charge in [-0.15, -0.1) is 0 Å². The number of halogens is 1. The number of nitrogens with two attached hydrogens (primary N) is 1. The van der Waals surface area contributed by atoms with E-state index in [4.69, 9.17) is 10.6 Å². The highest BCUT2D eigenvalue weighted by atomic mass is 79.9. The molecule has 1 atom stereocenters. The lowest BCUT2D eigenvalue weighted by Gasteiger charge is -2.20. The molecule has 0 saturated carbocycles. The zero-order valence-corrected chi connectivity index (χ0v) is 14.1. The minimum absolute atomic E-state index is 0.176. The molecule has 0 radical (unpaired) electrons. The predicted octanol–water partition coefficient (Wildman–Crippen LogP) is 2.93. The van der Waals surface area contributed by atoms with Gasteiger partial charge in [0.25, 0.3) is 0 Å². The minimum atomic E-state index is -0.176. The van der Waals surface area contributed by atoms with Crippen molar-refractivity contribution in [3.8, 4) is 5.75 Å². The van der Waals surface area contributed by atoms with Gasteiger partial charge in [-0.25, -0.2) is 5.43 Å². The van der Waals surface area contributed by atoms with Crippen molar-refractivity contribution in [3.05, 3.63) is 45.7 Å². The quantitative estimate of drug-likeness (QED) is 0.619. The summed E-state index contributed by atoms with van der Waals surface area (Å²) in [7, 11) is 1.65. The zero-order chi connectivity index (χ0) is 15.4. The second kappa shape index (κ2) is 7.06. The van der Waals surface area contributed by atoms with E-state index >= 15 is 0 Å². The Morgan fingerprint density at radius 1 is 1.43 bits per heavy atom. The van der Waals surface area contributed by atoms with Crippen LogP contribution in [0.2, 0.25) is 0 Å². The third-order valence-corrected chi connectivity index (χ3v) is 3.80. The molecule has 0 aliphatic rings. The van der Waals surface area contributed by atoms with Crippen LogP contribution in [-0.4, -0.2) is 16.9 Å². The van der Waals surface area contributed by atoms with Crippen LogP contribution in [0.3, 0.4) is 0 Å². The van der Waals surface area contributed by atoms with E-state index in [0.717, 1.165) is 34.4 Å². The van der Waals surface area contributed by atoms with Crippen molar-refractivity contribution in [3.63, 3.8) is 0 Å². The molecule has 6 heteroatoms. The van der Waals surface area contributed by atoms with Crippen molar-refractivity contribution >= 4 is 15.9 Å². The predicted molar refractivity (Wildman–Crippen MR) is 87.1 cm³/mol. The molecule has 0 bridgehead atoms. The monoisotopic (exact) mass is 352 g/mol. The number of nitrogens with one attached hydrogen (secondary N) is 1. The number of methoxy groups -OCH3 is 1. The standard InChI is InChI=1S/C15H21BrN4O/c1-4-5-20-15(13(21-3)9-18-20)14(19-17)11-6-10(2)7-12(16)8-11/h6-9,14,19H,4-5,17H2,1-3H3. The summed E-state index contributed by atoms with van der Waals surface area (Å²) in [6.07, 6.45) is 2.73. The number of benzene rings is 1. The van der Waals surface area contributed by atoms with Gasteiger partial charge < -0.3 is 4.74 Å². The molecule has 0 fully saturated rings. The van der Waals surface area contributed by atoms with Crippen molar-refractivity contribution in [2.24, 2.45) is 5.84 Å². The zero-order valence-electron chi connectivity index (χ0n) is 12.6. The first kappa shape index (κ1) is 16.0. The van der Waals surface area contributed by atoms with Gasteiger partial charge in [0.2, 0.25) is 0 Å². The average molecular weight is 353 g/mol. The molecule has 0 amide bonds. The highest BCUT2D eigenvalue weighted by molar-refractivity contribution is 9.10. The molecular weight excluding hydrogens is 332 g/mol. The molecule has 2 rings (SSSR count). The number of nitrogens with zero attached hydrogens (tertiary/aromatic N) is 2. The van der Waals surface area contributed by atoms with Gasteiger partial charge in [0.15, 0.2) is 5.75 Å². The van der Waals surface area contributed by atoms with Gasteiger partial charge in [-0.3, -0.25) is 10.5 Å². The fourth-order valence-corrected chi connectivity index (χ4v) is 3.11. The maximum absolute atomic E-state index is 5.82. The van der Waals surface area contributed by atoms with Crippen LogP contribution in [0.1, 0.15) is 36.2 Å². The number of hydrazine groups is 1. The molecule has 1 aromatic heterocycles. The number of rotatable bonds is 6. The maximum Gasteiger partial charge on any atom is 0.161 e. The van der Waals surface area contributed by atoms with Crippen LogP contribution < -0.4 is 16.0 Å². The maximum atomic E-state index is 5.82. The van der Waals surface area contributed by atoms with Crippen molar-refractivity contribution in [1.29, 1.82) is 0 Å². The lowest BCUT2D eigenvalue weighted by molar-refractivity contribution is 0.398. The van der Waals surface area contributed by atoms with Crippen LogP contribution in [0.25, 0.3) is 0 Å². The van der Waals surface area contributed by atoms with Crippen LogP contribution in [0.5, 0.6) is 5.75 Å². The van der Waals surface area contributed by atoms with E-state index in [0.29, 0.717) is 0 Å². The molecule has 5 nitrogen and oxygen atoms in total. The number of aryl methyl sites for hydroxylation is 2. The van der Waals surface area contributed by atoms with Gasteiger partial charge >= 0.3 is 0 Å². The van der Waals surface area contributed by atoms with E-state index in [9.17, 15) is 0 Å². The average Bonchev–Trinajstić information content (AvgIpc) is 2.82. The fourth-order valence-electron chi connectivity index (χ4n) is 2.48. The van der Waals surface area contributed by atoms with E-state index in [2.05, 4.69) is 58.5 Å². The molecule has 0 saturated heterocycles. The number of hydrogen-bond acceptors (Lipinski definition) is 4. The van der Waals surface area contributed by atoms with Gasteiger partial charge in [0.1, 0.15) is 5.69 Å². The molecule has 2 aromatic rings. The van der Waals surface area contributed by atoms with Crippen molar-refractivity contribution in [2.75, 3.05) is 7.11 Å².